The van der Waals surface area contributed by atoms with Gasteiger partial charge in [-0.3, -0.25) is 9.69 Å². The van der Waals surface area contributed by atoms with E-state index >= 15 is 0 Å². The van der Waals surface area contributed by atoms with Crippen LogP contribution in [-0.2, 0) is 11.3 Å². The number of hydrogen-bond donors (Lipinski definition) is 1. The van der Waals surface area contributed by atoms with Crippen LogP contribution in [0.25, 0.3) is 0 Å². The second-order valence-corrected chi connectivity index (χ2v) is 7.98. The predicted molar refractivity (Wildman–Crippen MR) is 106 cm³/mol. The highest BCUT2D eigenvalue weighted by Crippen LogP contribution is 2.28. The molecule has 0 atom stereocenters. The first-order valence-corrected chi connectivity index (χ1v) is 10.1. The van der Waals surface area contributed by atoms with Crippen molar-refractivity contribution >= 4 is 23.1 Å². The molecule has 1 aliphatic rings. The number of nitrogens with zero attached hydrogens (tertiary/aromatic N) is 3. The van der Waals surface area contributed by atoms with E-state index in [4.69, 9.17) is 0 Å². The Morgan fingerprint density at radius 3 is 2.62 bits per heavy atom. The number of rotatable bonds is 5. The SMILES string of the molecule is Cc1c(C#N)c(NC(=O)CN2CCCCCC2)n(Cc2cccs2)c1C. The minimum Gasteiger partial charge on any atom is -0.325 e. The summed E-state index contributed by atoms with van der Waals surface area (Å²) in [5, 5.41) is 14.7. The van der Waals surface area contributed by atoms with Gasteiger partial charge in [0.05, 0.1) is 18.7 Å². The number of thiophene rings is 1. The van der Waals surface area contributed by atoms with Crippen molar-refractivity contribution in [2.75, 3.05) is 25.0 Å². The number of amides is 1. The van der Waals surface area contributed by atoms with Crippen LogP contribution in [0.3, 0.4) is 0 Å². The molecule has 26 heavy (non-hydrogen) atoms. The van der Waals surface area contributed by atoms with Gasteiger partial charge in [-0.05, 0) is 56.8 Å². The molecule has 0 radical (unpaired) electrons. The van der Waals surface area contributed by atoms with Crippen LogP contribution in [0.15, 0.2) is 17.5 Å². The number of aromatic nitrogens is 1. The van der Waals surface area contributed by atoms with Gasteiger partial charge in [0.25, 0.3) is 0 Å². The molecule has 5 nitrogen and oxygen atoms in total. The molecule has 0 aromatic carbocycles. The number of anilines is 1. The summed E-state index contributed by atoms with van der Waals surface area (Å²) in [7, 11) is 0. The zero-order valence-electron chi connectivity index (χ0n) is 15.5. The van der Waals surface area contributed by atoms with Crippen molar-refractivity contribution in [1.82, 2.24) is 9.47 Å². The van der Waals surface area contributed by atoms with Crippen molar-refractivity contribution in [3.63, 3.8) is 0 Å². The maximum absolute atomic E-state index is 12.7. The second kappa shape index (κ2) is 8.52. The van der Waals surface area contributed by atoms with Gasteiger partial charge in [-0.25, -0.2) is 0 Å². The first kappa shape index (κ1) is 18.7. The summed E-state index contributed by atoms with van der Waals surface area (Å²) in [6, 6.07) is 6.38. The molecule has 2 aromatic heterocycles. The molecule has 6 heteroatoms. The predicted octanol–water partition coefficient (Wildman–Crippen LogP) is 3.90. The molecule has 0 spiro atoms. The van der Waals surface area contributed by atoms with Crippen LogP contribution in [0.1, 0.15) is 47.4 Å². The quantitative estimate of drug-likeness (QED) is 0.868. The van der Waals surface area contributed by atoms with Gasteiger partial charge in [-0.2, -0.15) is 5.26 Å². The Balaban J connectivity index is 1.80. The fourth-order valence-corrected chi connectivity index (χ4v) is 4.25. The lowest BCUT2D eigenvalue weighted by atomic mass is 10.2. The largest absolute Gasteiger partial charge is 0.325 e. The normalized spacial score (nSPS) is 15.4. The van der Waals surface area contributed by atoms with E-state index in [1.54, 1.807) is 11.3 Å². The fraction of sp³-hybridized carbons (Fsp3) is 0.500. The van der Waals surface area contributed by atoms with Crippen LogP contribution in [0.4, 0.5) is 5.82 Å². The number of carbonyl (C=O) groups is 1. The minimum atomic E-state index is -0.0340. The molecule has 1 saturated heterocycles. The Kier molecular flexibility index (Phi) is 6.12. The molecule has 3 heterocycles. The van der Waals surface area contributed by atoms with Gasteiger partial charge in [-0.15, -0.1) is 11.3 Å². The van der Waals surface area contributed by atoms with Crippen molar-refractivity contribution in [1.29, 1.82) is 5.26 Å². The molecule has 0 unspecified atom stereocenters. The Hall–Kier alpha value is -2.10. The lowest BCUT2D eigenvalue weighted by molar-refractivity contribution is -0.117. The molecule has 1 N–H and O–H groups in total. The van der Waals surface area contributed by atoms with Gasteiger partial charge >= 0.3 is 0 Å². The van der Waals surface area contributed by atoms with Gasteiger partial charge < -0.3 is 9.88 Å². The van der Waals surface area contributed by atoms with Gasteiger partial charge in [0.2, 0.25) is 5.91 Å². The average Bonchev–Trinajstić information content (AvgIpc) is 3.10. The molecule has 138 valence electrons. The van der Waals surface area contributed by atoms with Crippen LogP contribution >= 0.6 is 11.3 Å². The number of hydrogen-bond acceptors (Lipinski definition) is 4. The van der Waals surface area contributed by atoms with E-state index in [0.717, 1.165) is 37.2 Å². The first-order chi connectivity index (χ1) is 12.6. The number of carbonyl (C=O) groups excluding carboxylic acids is 1. The highest BCUT2D eigenvalue weighted by Gasteiger charge is 2.21. The van der Waals surface area contributed by atoms with Crippen molar-refractivity contribution in [3.05, 3.63) is 39.2 Å². The standard InChI is InChI=1S/C20H26N4OS/c1-15-16(2)24(13-17-8-7-11-26-17)20(18(15)12-21)22-19(25)14-23-9-5-3-4-6-10-23/h7-8,11H,3-6,9-10,13-14H2,1-2H3,(H,22,25). The Morgan fingerprint density at radius 1 is 1.27 bits per heavy atom. The van der Waals surface area contributed by atoms with Crippen molar-refractivity contribution in [2.45, 2.75) is 46.1 Å². The molecular formula is C20H26N4OS. The number of likely N-dealkylation sites (tertiary alicyclic amines) is 1. The lowest BCUT2D eigenvalue weighted by Gasteiger charge is -2.19. The van der Waals surface area contributed by atoms with Crippen LogP contribution in [0.5, 0.6) is 0 Å². The fourth-order valence-electron chi connectivity index (χ4n) is 3.56. The summed E-state index contributed by atoms with van der Waals surface area (Å²) in [5.74, 6) is 0.601. The lowest BCUT2D eigenvalue weighted by Crippen LogP contribution is -2.34. The Labute approximate surface area is 159 Å². The number of nitriles is 1. The minimum absolute atomic E-state index is 0.0340. The summed E-state index contributed by atoms with van der Waals surface area (Å²) in [5.41, 5.74) is 2.54. The van der Waals surface area contributed by atoms with Crippen LogP contribution in [-0.4, -0.2) is 35.0 Å². The van der Waals surface area contributed by atoms with E-state index in [-0.39, 0.29) is 5.91 Å². The van der Waals surface area contributed by atoms with Gasteiger partial charge in [0.1, 0.15) is 11.9 Å². The van der Waals surface area contributed by atoms with Crippen molar-refractivity contribution in [2.24, 2.45) is 0 Å². The van der Waals surface area contributed by atoms with Crippen LogP contribution in [0.2, 0.25) is 0 Å². The smallest absolute Gasteiger partial charge is 0.239 e. The summed E-state index contributed by atoms with van der Waals surface area (Å²) in [6.45, 7) is 6.98. The average molecular weight is 371 g/mol. The summed E-state index contributed by atoms with van der Waals surface area (Å²) >= 11 is 1.68. The van der Waals surface area contributed by atoms with Gasteiger partial charge in [-0.1, -0.05) is 18.9 Å². The third kappa shape index (κ3) is 4.17. The molecule has 0 saturated carbocycles. The van der Waals surface area contributed by atoms with E-state index in [2.05, 4.69) is 26.9 Å². The van der Waals surface area contributed by atoms with Gasteiger partial charge in [0.15, 0.2) is 0 Å². The molecule has 1 amide bonds. The van der Waals surface area contributed by atoms with E-state index in [0.29, 0.717) is 24.5 Å². The molecule has 0 aliphatic carbocycles. The van der Waals surface area contributed by atoms with Crippen LogP contribution in [0, 0.1) is 25.2 Å². The molecule has 0 bridgehead atoms. The summed E-state index contributed by atoms with van der Waals surface area (Å²) in [4.78, 5) is 16.1. The Morgan fingerprint density at radius 2 is 2.00 bits per heavy atom. The van der Waals surface area contributed by atoms with Crippen LogP contribution < -0.4 is 5.32 Å². The molecule has 2 aromatic rings. The van der Waals surface area contributed by atoms with Crippen molar-refractivity contribution < 1.29 is 4.79 Å². The first-order valence-electron chi connectivity index (χ1n) is 9.24. The maximum atomic E-state index is 12.7. The van der Waals surface area contributed by atoms with E-state index in [1.165, 1.54) is 17.7 Å². The maximum Gasteiger partial charge on any atom is 0.239 e. The highest BCUT2D eigenvalue weighted by atomic mass is 32.1. The van der Waals surface area contributed by atoms with E-state index in [9.17, 15) is 10.1 Å². The molecular weight excluding hydrogens is 344 g/mol. The molecule has 3 rings (SSSR count). The third-order valence-electron chi connectivity index (χ3n) is 5.16. The topological polar surface area (TPSA) is 61.1 Å². The monoisotopic (exact) mass is 370 g/mol. The zero-order chi connectivity index (χ0) is 18.5. The van der Waals surface area contributed by atoms with Crippen molar-refractivity contribution in [3.8, 4) is 6.07 Å². The second-order valence-electron chi connectivity index (χ2n) is 6.95. The number of nitrogens with one attached hydrogen (secondary N) is 1. The van der Waals surface area contributed by atoms with E-state index in [1.807, 2.05) is 25.3 Å². The van der Waals surface area contributed by atoms with E-state index < -0.39 is 0 Å². The summed E-state index contributed by atoms with van der Waals surface area (Å²) in [6.07, 6.45) is 4.81. The molecule has 1 aliphatic heterocycles. The molecule has 1 fully saturated rings. The summed E-state index contributed by atoms with van der Waals surface area (Å²) < 4.78 is 2.06. The Bertz CT molecular complexity index is 793. The third-order valence-corrected chi connectivity index (χ3v) is 6.02. The zero-order valence-corrected chi connectivity index (χ0v) is 16.4. The van der Waals surface area contributed by atoms with Gasteiger partial charge in [0, 0.05) is 10.6 Å². The highest BCUT2D eigenvalue weighted by molar-refractivity contribution is 7.09.